The van der Waals surface area contributed by atoms with Crippen LogP contribution in [0.4, 0.5) is 5.82 Å². The van der Waals surface area contributed by atoms with E-state index in [0.717, 1.165) is 59.7 Å². The third-order valence-corrected chi connectivity index (χ3v) is 6.14. The summed E-state index contributed by atoms with van der Waals surface area (Å²) in [4.78, 5) is 22.7. The highest BCUT2D eigenvalue weighted by Gasteiger charge is 2.21. The number of aryl methyl sites for hydroxylation is 1. The van der Waals surface area contributed by atoms with Gasteiger partial charge in [-0.25, -0.2) is 9.67 Å². The summed E-state index contributed by atoms with van der Waals surface area (Å²) >= 11 is 0. The summed E-state index contributed by atoms with van der Waals surface area (Å²) in [6, 6.07) is 10.4. The number of amides is 1. The van der Waals surface area contributed by atoms with Gasteiger partial charge in [0.25, 0.3) is 0 Å². The van der Waals surface area contributed by atoms with Gasteiger partial charge in [-0.3, -0.25) is 14.4 Å². The van der Waals surface area contributed by atoms with E-state index in [1.807, 2.05) is 47.3 Å². The number of fused-ring (bicyclic) bond motifs is 1. The number of carbonyl (C=O) groups is 1. The van der Waals surface area contributed by atoms with Gasteiger partial charge in [-0.15, -0.1) is 0 Å². The molecule has 4 aromatic rings. The smallest absolute Gasteiger partial charge is 0.236 e. The number of piperazine rings is 1. The molecule has 4 heterocycles. The standard InChI is InChI=1S/C24H28N8O/c1-28(2)24(33)17-30-8-10-31(11-9-30)23-13-21(6-7-25-23)32-22-12-18(4-5-19(22)14-27-32)20-15-26-29(3)16-20/h4-7,12-16H,8-11,17H2,1-3H3. The van der Waals surface area contributed by atoms with E-state index in [2.05, 4.69) is 49.2 Å². The van der Waals surface area contributed by atoms with E-state index in [1.54, 1.807) is 19.0 Å². The number of carbonyl (C=O) groups excluding carboxylic acids is 1. The van der Waals surface area contributed by atoms with E-state index in [4.69, 9.17) is 0 Å². The molecule has 1 aliphatic rings. The minimum Gasteiger partial charge on any atom is -0.354 e. The molecule has 0 saturated carbocycles. The molecule has 1 aliphatic heterocycles. The Morgan fingerprint density at radius 3 is 2.55 bits per heavy atom. The van der Waals surface area contributed by atoms with Crippen LogP contribution in [0.25, 0.3) is 27.7 Å². The predicted octanol–water partition coefficient (Wildman–Crippen LogP) is 2.03. The van der Waals surface area contributed by atoms with Crippen LogP contribution >= 0.6 is 0 Å². The van der Waals surface area contributed by atoms with Crippen molar-refractivity contribution < 1.29 is 4.79 Å². The second-order valence-electron chi connectivity index (χ2n) is 8.66. The molecule has 0 atom stereocenters. The number of likely N-dealkylation sites (N-methyl/N-ethyl adjacent to an activating group) is 1. The molecule has 0 N–H and O–H groups in total. The zero-order valence-corrected chi connectivity index (χ0v) is 19.2. The molecular weight excluding hydrogens is 416 g/mol. The average Bonchev–Trinajstić information content (AvgIpc) is 3.45. The number of hydrogen-bond acceptors (Lipinski definition) is 6. The second-order valence-corrected chi connectivity index (χ2v) is 8.66. The Hall–Kier alpha value is -3.72. The third-order valence-electron chi connectivity index (χ3n) is 6.14. The molecule has 1 amide bonds. The van der Waals surface area contributed by atoms with Gasteiger partial charge in [0.1, 0.15) is 5.82 Å². The summed E-state index contributed by atoms with van der Waals surface area (Å²) in [7, 11) is 5.52. The Morgan fingerprint density at radius 2 is 1.82 bits per heavy atom. The first kappa shape index (κ1) is 21.1. The molecule has 0 spiro atoms. The van der Waals surface area contributed by atoms with Crippen LogP contribution in [0.3, 0.4) is 0 Å². The molecule has 9 heteroatoms. The molecular formula is C24H28N8O. The SMILES string of the molecule is CN(C)C(=O)CN1CCN(c2cc(-n3ncc4ccc(-c5cnn(C)c5)cc43)ccn2)CC1. The summed E-state index contributed by atoms with van der Waals surface area (Å²) in [6.07, 6.45) is 7.62. The molecule has 33 heavy (non-hydrogen) atoms. The van der Waals surface area contributed by atoms with Crippen LogP contribution in [-0.4, -0.2) is 87.1 Å². The highest BCUT2D eigenvalue weighted by molar-refractivity contribution is 5.85. The molecule has 1 saturated heterocycles. The zero-order valence-electron chi connectivity index (χ0n) is 19.2. The maximum Gasteiger partial charge on any atom is 0.236 e. The summed E-state index contributed by atoms with van der Waals surface area (Å²) in [5.74, 6) is 1.07. The normalized spacial score (nSPS) is 14.7. The maximum atomic E-state index is 12.0. The largest absolute Gasteiger partial charge is 0.354 e. The summed E-state index contributed by atoms with van der Waals surface area (Å²) in [5.41, 5.74) is 4.20. The average molecular weight is 445 g/mol. The Labute approximate surface area is 192 Å². The van der Waals surface area contributed by atoms with Crippen molar-refractivity contribution in [3.05, 3.63) is 55.1 Å². The highest BCUT2D eigenvalue weighted by Crippen LogP contribution is 2.26. The molecule has 3 aromatic heterocycles. The van der Waals surface area contributed by atoms with Crippen LogP contribution in [0.2, 0.25) is 0 Å². The monoisotopic (exact) mass is 444 g/mol. The van der Waals surface area contributed by atoms with Crippen LogP contribution < -0.4 is 4.90 Å². The first-order valence-electron chi connectivity index (χ1n) is 11.1. The van der Waals surface area contributed by atoms with Crippen molar-refractivity contribution in [2.75, 3.05) is 51.7 Å². The number of pyridine rings is 1. The lowest BCUT2D eigenvalue weighted by molar-refractivity contribution is -0.129. The first-order chi connectivity index (χ1) is 16.0. The lowest BCUT2D eigenvalue weighted by Crippen LogP contribution is -2.49. The molecule has 1 aromatic carbocycles. The fourth-order valence-corrected chi connectivity index (χ4v) is 4.15. The Kier molecular flexibility index (Phi) is 5.55. The number of aromatic nitrogens is 5. The van der Waals surface area contributed by atoms with E-state index in [1.165, 1.54) is 0 Å². The number of benzene rings is 1. The Balaban J connectivity index is 1.37. The molecule has 170 valence electrons. The molecule has 9 nitrogen and oxygen atoms in total. The molecule has 0 bridgehead atoms. The van der Waals surface area contributed by atoms with Crippen LogP contribution in [-0.2, 0) is 11.8 Å². The van der Waals surface area contributed by atoms with Crippen LogP contribution in [0, 0.1) is 0 Å². The highest BCUT2D eigenvalue weighted by atomic mass is 16.2. The van der Waals surface area contributed by atoms with Gasteiger partial charge in [-0.2, -0.15) is 10.2 Å². The van der Waals surface area contributed by atoms with Gasteiger partial charge in [0.05, 0.1) is 30.1 Å². The molecule has 0 radical (unpaired) electrons. The minimum atomic E-state index is 0.139. The van der Waals surface area contributed by atoms with Gasteiger partial charge in [0.15, 0.2) is 0 Å². The van der Waals surface area contributed by atoms with Crippen molar-refractivity contribution >= 4 is 22.6 Å². The van der Waals surface area contributed by atoms with Gasteiger partial charge in [-0.05, 0) is 17.7 Å². The van der Waals surface area contributed by atoms with Gasteiger partial charge >= 0.3 is 0 Å². The molecule has 0 unspecified atom stereocenters. The third kappa shape index (κ3) is 4.31. The summed E-state index contributed by atoms with van der Waals surface area (Å²) in [6.45, 7) is 3.81. The fourth-order valence-electron chi connectivity index (χ4n) is 4.15. The van der Waals surface area contributed by atoms with E-state index >= 15 is 0 Å². The van der Waals surface area contributed by atoms with Crippen molar-refractivity contribution in [2.45, 2.75) is 0 Å². The lowest BCUT2D eigenvalue weighted by Gasteiger charge is -2.35. The maximum absolute atomic E-state index is 12.0. The van der Waals surface area contributed by atoms with E-state index in [9.17, 15) is 4.79 Å². The van der Waals surface area contributed by atoms with Crippen LogP contribution in [0.1, 0.15) is 0 Å². The van der Waals surface area contributed by atoms with Crippen molar-refractivity contribution in [1.29, 1.82) is 0 Å². The van der Waals surface area contributed by atoms with Crippen molar-refractivity contribution in [1.82, 2.24) is 34.3 Å². The lowest BCUT2D eigenvalue weighted by atomic mass is 10.1. The second kappa shape index (κ2) is 8.67. The van der Waals surface area contributed by atoms with Gasteiger partial charge in [-0.1, -0.05) is 12.1 Å². The van der Waals surface area contributed by atoms with Gasteiger partial charge < -0.3 is 9.80 Å². The van der Waals surface area contributed by atoms with Crippen molar-refractivity contribution in [3.63, 3.8) is 0 Å². The predicted molar refractivity (Wildman–Crippen MR) is 128 cm³/mol. The van der Waals surface area contributed by atoms with E-state index in [0.29, 0.717) is 6.54 Å². The quantitative estimate of drug-likeness (QED) is 0.469. The molecule has 5 rings (SSSR count). The van der Waals surface area contributed by atoms with Gasteiger partial charge in [0, 0.05) is 76.7 Å². The van der Waals surface area contributed by atoms with Crippen LogP contribution in [0.5, 0.6) is 0 Å². The zero-order chi connectivity index (χ0) is 22.9. The van der Waals surface area contributed by atoms with Crippen molar-refractivity contribution in [2.24, 2.45) is 7.05 Å². The topological polar surface area (TPSA) is 75.3 Å². The number of hydrogen-bond donors (Lipinski definition) is 0. The van der Waals surface area contributed by atoms with E-state index < -0.39 is 0 Å². The number of anilines is 1. The first-order valence-corrected chi connectivity index (χ1v) is 11.1. The number of nitrogens with zero attached hydrogens (tertiary/aromatic N) is 8. The molecule has 1 fully saturated rings. The van der Waals surface area contributed by atoms with Gasteiger partial charge in [0.2, 0.25) is 5.91 Å². The van der Waals surface area contributed by atoms with Crippen LogP contribution in [0.15, 0.2) is 55.1 Å². The summed E-state index contributed by atoms with van der Waals surface area (Å²) in [5, 5.41) is 10.0. The Morgan fingerprint density at radius 1 is 1.00 bits per heavy atom. The van der Waals surface area contributed by atoms with Crippen molar-refractivity contribution in [3.8, 4) is 16.8 Å². The Bertz CT molecular complexity index is 1280. The summed E-state index contributed by atoms with van der Waals surface area (Å²) < 4.78 is 3.77. The number of rotatable bonds is 5. The van der Waals surface area contributed by atoms with E-state index in [-0.39, 0.29) is 5.91 Å². The minimum absolute atomic E-state index is 0.139. The fraction of sp³-hybridized carbons (Fsp3) is 0.333. The molecule has 0 aliphatic carbocycles.